The summed E-state index contributed by atoms with van der Waals surface area (Å²) in [5, 5.41) is 0. The van der Waals surface area contributed by atoms with Gasteiger partial charge in [0.15, 0.2) is 6.10 Å². The molecule has 0 aliphatic heterocycles. The van der Waals surface area contributed by atoms with Gasteiger partial charge in [-0.2, -0.15) is 8.42 Å². The summed E-state index contributed by atoms with van der Waals surface area (Å²) >= 11 is 0. The first-order valence-electron chi connectivity index (χ1n) is 5.14. The van der Waals surface area contributed by atoms with Crippen LogP contribution < -0.4 is 0 Å². The van der Waals surface area contributed by atoms with Crippen molar-refractivity contribution >= 4 is 22.2 Å². The zero-order chi connectivity index (χ0) is 13.8. The molecule has 0 aliphatic carbocycles. The molecule has 0 aromatic heterocycles. The molecule has 1 atom stereocenters. The smallest absolute Gasteiger partial charge is 0.336 e. The van der Waals surface area contributed by atoms with Gasteiger partial charge in [-0.1, -0.05) is 24.8 Å². The van der Waals surface area contributed by atoms with Crippen LogP contribution in [0.2, 0.25) is 0 Å². The van der Waals surface area contributed by atoms with Crippen molar-refractivity contribution in [2.24, 2.45) is 0 Å². The molecule has 0 saturated heterocycles. The monoisotopic (exact) mass is 270 g/mol. The summed E-state index contributed by atoms with van der Waals surface area (Å²) in [4.78, 5) is 11.1. The zero-order valence-electron chi connectivity index (χ0n) is 10.1. The molecule has 0 amide bonds. The molecule has 18 heavy (non-hydrogen) atoms. The van der Waals surface area contributed by atoms with Gasteiger partial charge in [0.2, 0.25) is 0 Å². The van der Waals surface area contributed by atoms with E-state index < -0.39 is 22.2 Å². The SMILES string of the molecule is C=Cc1ccc(S(=O)(=O)OC(C)C(=O)OC)cc1. The van der Waals surface area contributed by atoms with E-state index in [1.165, 1.54) is 19.1 Å². The lowest BCUT2D eigenvalue weighted by Gasteiger charge is -2.10. The molecular formula is C12H14O5S. The highest BCUT2D eigenvalue weighted by Gasteiger charge is 2.24. The van der Waals surface area contributed by atoms with Crippen molar-refractivity contribution < 1.29 is 22.1 Å². The van der Waals surface area contributed by atoms with Gasteiger partial charge in [-0.3, -0.25) is 4.18 Å². The van der Waals surface area contributed by atoms with Gasteiger partial charge in [0, 0.05) is 0 Å². The van der Waals surface area contributed by atoms with Crippen LogP contribution in [0.3, 0.4) is 0 Å². The van der Waals surface area contributed by atoms with Crippen LogP contribution in [0.1, 0.15) is 12.5 Å². The van der Waals surface area contributed by atoms with Crippen LogP contribution in [0.4, 0.5) is 0 Å². The second-order valence-corrected chi connectivity index (χ2v) is 5.06. The van der Waals surface area contributed by atoms with E-state index in [1.54, 1.807) is 18.2 Å². The summed E-state index contributed by atoms with van der Waals surface area (Å²) in [6, 6.07) is 5.95. The Morgan fingerprint density at radius 2 is 1.89 bits per heavy atom. The van der Waals surface area contributed by atoms with Crippen molar-refractivity contribution in [3.8, 4) is 0 Å². The molecule has 0 bridgehead atoms. The molecule has 0 N–H and O–H groups in total. The van der Waals surface area contributed by atoms with Gasteiger partial charge in [0.05, 0.1) is 12.0 Å². The fourth-order valence-corrected chi connectivity index (χ4v) is 2.26. The van der Waals surface area contributed by atoms with Gasteiger partial charge < -0.3 is 4.74 Å². The normalized spacial score (nSPS) is 12.8. The number of carbonyl (C=O) groups is 1. The fourth-order valence-electron chi connectivity index (χ4n) is 1.22. The first kappa shape index (κ1) is 14.4. The third-order valence-electron chi connectivity index (χ3n) is 2.21. The first-order valence-corrected chi connectivity index (χ1v) is 6.55. The van der Waals surface area contributed by atoms with Crippen LogP contribution in [-0.4, -0.2) is 27.6 Å². The summed E-state index contributed by atoms with van der Waals surface area (Å²) in [6.45, 7) is 4.87. The number of ether oxygens (including phenoxy) is 1. The van der Waals surface area contributed by atoms with E-state index in [2.05, 4.69) is 11.3 Å². The van der Waals surface area contributed by atoms with E-state index in [1.807, 2.05) is 0 Å². The Bertz CT molecular complexity index is 530. The number of hydrogen-bond donors (Lipinski definition) is 0. The topological polar surface area (TPSA) is 69.7 Å². The maximum absolute atomic E-state index is 11.8. The number of benzene rings is 1. The molecule has 0 radical (unpaired) electrons. The van der Waals surface area contributed by atoms with Crippen LogP contribution in [0.15, 0.2) is 35.7 Å². The van der Waals surface area contributed by atoms with Crippen LogP contribution >= 0.6 is 0 Å². The maximum Gasteiger partial charge on any atom is 0.336 e. The van der Waals surface area contributed by atoms with Crippen LogP contribution in [-0.2, 0) is 23.8 Å². The summed E-state index contributed by atoms with van der Waals surface area (Å²) in [6.07, 6.45) is 0.410. The van der Waals surface area contributed by atoms with Gasteiger partial charge in [-0.15, -0.1) is 0 Å². The summed E-state index contributed by atoms with van der Waals surface area (Å²) < 4.78 is 32.7. The van der Waals surface area contributed by atoms with Gasteiger partial charge in [0.1, 0.15) is 0 Å². The maximum atomic E-state index is 11.8. The standard InChI is InChI=1S/C12H14O5S/c1-4-10-5-7-11(8-6-10)18(14,15)17-9(2)12(13)16-3/h4-9H,1H2,2-3H3. The van der Waals surface area contributed by atoms with Gasteiger partial charge in [-0.05, 0) is 24.6 Å². The number of carbonyl (C=O) groups excluding carboxylic acids is 1. The molecule has 6 heteroatoms. The van der Waals surface area contributed by atoms with Crippen molar-refractivity contribution in [2.75, 3.05) is 7.11 Å². The molecule has 0 saturated carbocycles. The average Bonchev–Trinajstić information content (AvgIpc) is 2.37. The van der Waals surface area contributed by atoms with Gasteiger partial charge >= 0.3 is 5.97 Å². The van der Waals surface area contributed by atoms with E-state index >= 15 is 0 Å². The molecule has 1 aromatic carbocycles. The van der Waals surface area contributed by atoms with Gasteiger partial charge in [0.25, 0.3) is 10.1 Å². The van der Waals surface area contributed by atoms with E-state index in [0.29, 0.717) is 0 Å². The lowest BCUT2D eigenvalue weighted by atomic mass is 10.2. The fraction of sp³-hybridized carbons (Fsp3) is 0.250. The Morgan fingerprint density at radius 1 is 1.33 bits per heavy atom. The van der Waals surface area contributed by atoms with Crippen molar-refractivity contribution in [3.63, 3.8) is 0 Å². The highest BCUT2D eigenvalue weighted by molar-refractivity contribution is 7.86. The first-order chi connectivity index (χ1) is 8.40. The van der Waals surface area contributed by atoms with Crippen LogP contribution in [0.25, 0.3) is 6.08 Å². The van der Waals surface area contributed by atoms with Crippen LogP contribution in [0, 0.1) is 0 Å². The second kappa shape index (κ2) is 5.79. The molecule has 1 aromatic rings. The van der Waals surface area contributed by atoms with E-state index in [9.17, 15) is 13.2 Å². The highest BCUT2D eigenvalue weighted by atomic mass is 32.2. The Kier molecular flexibility index (Phi) is 4.63. The van der Waals surface area contributed by atoms with Crippen LogP contribution in [0.5, 0.6) is 0 Å². The molecule has 1 rings (SSSR count). The zero-order valence-corrected chi connectivity index (χ0v) is 10.9. The quantitative estimate of drug-likeness (QED) is 0.600. The molecule has 1 unspecified atom stereocenters. The Labute approximate surface area is 106 Å². The van der Waals surface area contributed by atoms with E-state index in [4.69, 9.17) is 4.18 Å². The molecule has 0 aliphatic rings. The van der Waals surface area contributed by atoms with Gasteiger partial charge in [-0.25, -0.2) is 4.79 Å². The van der Waals surface area contributed by atoms with Crippen molar-refractivity contribution in [2.45, 2.75) is 17.9 Å². The Balaban J connectivity index is 2.92. The number of esters is 1. The number of methoxy groups -OCH3 is 1. The molecule has 0 spiro atoms. The minimum atomic E-state index is -3.97. The predicted octanol–water partition coefficient (Wildman–Crippen LogP) is 1.60. The summed E-state index contributed by atoms with van der Waals surface area (Å²) in [5.74, 6) is -0.749. The molecule has 98 valence electrons. The minimum Gasteiger partial charge on any atom is -0.467 e. The van der Waals surface area contributed by atoms with Crippen molar-refractivity contribution in [3.05, 3.63) is 36.4 Å². The highest BCUT2D eigenvalue weighted by Crippen LogP contribution is 2.16. The average molecular weight is 270 g/mol. The number of hydrogen-bond acceptors (Lipinski definition) is 5. The summed E-state index contributed by atoms with van der Waals surface area (Å²) in [7, 11) is -2.81. The second-order valence-electron chi connectivity index (χ2n) is 3.49. The Morgan fingerprint density at radius 3 is 2.33 bits per heavy atom. The summed E-state index contributed by atoms with van der Waals surface area (Å²) in [5.41, 5.74) is 0.787. The van der Waals surface area contributed by atoms with Crippen molar-refractivity contribution in [1.29, 1.82) is 0 Å². The largest absolute Gasteiger partial charge is 0.467 e. The lowest BCUT2D eigenvalue weighted by molar-refractivity contribution is -0.147. The van der Waals surface area contributed by atoms with E-state index in [0.717, 1.165) is 12.7 Å². The lowest BCUT2D eigenvalue weighted by Crippen LogP contribution is -2.25. The Hall–Kier alpha value is -1.66. The number of rotatable bonds is 5. The van der Waals surface area contributed by atoms with E-state index in [-0.39, 0.29) is 4.90 Å². The third-order valence-corrected chi connectivity index (χ3v) is 3.60. The predicted molar refractivity (Wildman–Crippen MR) is 66.3 cm³/mol. The molecule has 0 heterocycles. The molecule has 5 nitrogen and oxygen atoms in total. The van der Waals surface area contributed by atoms with Crippen molar-refractivity contribution in [1.82, 2.24) is 0 Å². The molecular weight excluding hydrogens is 256 g/mol. The third kappa shape index (κ3) is 3.41. The molecule has 0 fully saturated rings. The minimum absolute atomic E-state index is 0.0242.